The molecule has 2 aliphatic rings. The van der Waals surface area contributed by atoms with Crippen molar-refractivity contribution < 1.29 is 19.2 Å². The van der Waals surface area contributed by atoms with E-state index in [9.17, 15) is 4.79 Å². The summed E-state index contributed by atoms with van der Waals surface area (Å²) >= 11 is 0.186. The fourth-order valence-electron chi connectivity index (χ4n) is 12.2. The third kappa shape index (κ3) is 17.0. The summed E-state index contributed by atoms with van der Waals surface area (Å²) in [6, 6.07) is 12.7. The van der Waals surface area contributed by atoms with Crippen molar-refractivity contribution >= 4 is 63.4 Å². The van der Waals surface area contributed by atoms with Crippen molar-refractivity contribution in [3.63, 3.8) is 0 Å². The Morgan fingerprint density at radius 2 is 0.716 bits per heavy atom. The molecule has 0 N–H and O–H groups in total. The molecule has 0 radical (unpaired) electrons. The Labute approximate surface area is 461 Å². The van der Waals surface area contributed by atoms with Crippen molar-refractivity contribution in [3.8, 4) is 18.9 Å². The molecule has 74 heavy (non-hydrogen) atoms. The molecule has 0 bridgehead atoms. The normalized spacial score (nSPS) is 14.4. The van der Waals surface area contributed by atoms with Crippen LogP contribution in [0.25, 0.3) is 29.6 Å². The molecular weight excluding hydrogens is 1040 g/mol. The number of unbranched alkanes of at least 4 members (excludes halogenated alkanes) is 24. The molecule has 6 nitrogen and oxygen atoms in total. The van der Waals surface area contributed by atoms with Gasteiger partial charge in [-0.1, -0.05) is 143 Å². The Kier molecular flexibility index (Phi) is 26.6. The molecule has 2 aromatic heterocycles. The van der Waals surface area contributed by atoms with Crippen LogP contribution in [0.2, 0.25) is 0 Å². The van der Waals surface area contributed by atoms with E-state index in [1.807, 2.05) is 19.1 Å². The molecule has 0 saturated carbocycles. The van der Waals surface area contributed by atoms with E-state index in [1.165, 1.54) is 198 Å². The van der Waals surface area contributed by atoms with Gasteiger partial charge >= 0.3 is 321 Å². The van der Waals surface area contributed by atoms with Crippen molar-refractivity contribution in [3.05, 3.63) is 68.7 Å². The van der Waals surface area contributed by atoms with E-state index in [4.69, 9.17) is 0 Å². The molecule has 8 heteroatoms. The van der Waals surface area contributed by atoms with Crippen molar-refractivity contribution in [1.82, 2.24) is 9.80 Å². The Morgan fingerprint density at radius 1 is 0.365 bits per heavy atom. The first kappa shape index (κ1) is 60.2. The maximum atomic E-state index is 15.4. The van der Waals surface area contributed by atoms with Crippen molar-refractivity contribution in [2.45, 2.75) is 260 Å². The SMILES string of the molecule is CCCCCCCCCCC(CCCCCCCC)CCN1C(=O)c2cc(-c3ccc(-c4ccc(C)[se]4)[se]3)c3c4c(cc(C)c(c24)C1=O)C(=O)N(CCC(CCCCCCCC)CCCCCCCCCC)C3=O. The molecule has 4 aromatic rings. The van der Waals surface area contributed by atoms with Crippen LogP contribution in [-0.4, -0.2) is 75.5 Å². The second kappa shape index (κ2) is 32.7. The number of benzene rings is 2. The van der Waals surface area contributed by atoms with Crippen LogP contribution in [0, 0.1) is 25.7 Å². The maximum absolute atomic E-state index is 15.4. The molecule has 6 rings (SSSR count). The van der Waals surface area contributed by atoms with Gasteiger partial charge in [-0.25, -0.2) is 0 Å². The molecule has 2 aromatic carbocycles. The quantitative estimate of drug-likeness (QED) is 0.0253. The number of nitrogens with zero attached hydrogens (tertiary/aromatic N) is 2. The molecule has 0 fully saturated rings. The number of carbonyl (C=O) groups excluding carboxylic acids is 4. The molecule has 2 atom stereocenters. The third-order valence-corrected chi connectivity index (χ3v) is 22.0. The van der Waals surface area contributed by atoms with Crippen molar-refractivity contribution in [2.24, 2.45) is 11.8 Å². The second-order valence-corrected chi connectivity index (χ2v) is 27.7. The standard InChI is InChI=1S/C66H98N2O4Se2/c1-7-11-15-19-23-25-29-33-37-51(35-31-27-21-17-13-9-3)43-45-67-64(70)55-48-53(56-41-42-58(74-56)57-40-39-50(6)73-57)62-61-54(47-49(5)59(60(55)61)65(67)71)63(69)68(66(62)72)46-44-52(36-32-28-22-18-14-10-4)38-34-30-26-24-20-16-12-8-2/h39-42,47-48,51-52H,7-38,43-46H2,1-6H3. The summed E-state index contributed by atoms with van der Waals surface area (Å²) < 4.78 is 5.16. The molecule has 408 valence electrons. The average molecular weight is 1140 g/mol. The van der Waals surface area contributed by atoms with Crippen LogP contribution in [0.1, 0.15) is 297 Å². The van der Waals surface area contributed by atoms with Crippen molar-refractivity contribution in [2.75, 3.05) is 13.1 Å². The van der Waals surface area contributed by atoms with Crippen molar-refractivity contribution in [1.29, 1.82) is 0 Å². The summed E-state index contributed by atoms with van der Waals surface area (Å²) in [5, 5.41) is 1.04. The van der Waals surface area contributed by atoms with E-state index in [0.717, 1.165) is 48.5 Å². The first-order valence-electron chi connectivity index (χ1n) is 30.7. The van der Waals surface area contributed by atoms with Crippen LogP contribution in [0.4, 0.5) is 0 Å². The molecule has 4 amide bonds. The molecule has 0 spiro atoms. The first-order valence-corrected chi connectivity index (χ1v) is 34.1. The molecule has 2 unspecified atom stereocenters. The zero-order valence-electron chi connectivity index (χ0n) is 47.4. The number of rotatable bonds is 40. The number of hydrogen-bond donors (Lipinski definition) is 0. The molecule has 0 saturated heterocycles. The van der Waals surface area contributed by atoms with E-state index in [-0.39, 0.29) is 52.6 Å². The zero-order valence-corrected chi connectivity index (χ0v) is 50.8. The second-order valence-electron chi connectivity index (χ2n) is 22.8. The predicted octanol–water partition coefficient (Wildman–Crippen LogP) is 18.7. The number of carbonyl (C=O) groups is 4. The van der Waals surface area contributed by atoms with Crippen LogP contribution in [0.3, 0.4) is 0 Å². The molecular formula is C66H98N2O4Se2. The van der Waals surface area contributed by atoms with Crippen LogP contribution in [0.15, 0.2) is 36.4 Å². The summed E-state index contributed by atoms with van der Waals surface area (Å²) in [4.78, 5) is 63.6. The summed E-state index contributed by atoms with van der Waals surface area (Å²) in [6.45, 7) is 14.0. The fraction of sp³-hybridized carbons (Fsp3) is 0.667. The number of amides is 4. The van der Waals surface area contributed by atoms with E-state index in [2.05, 4.69) is 58.9 Å². The zero-order chi connectivity index (χ0) is 52.7. The van der Waals surface area contributed by atoms with E-state index in [1.54, 1.807) is 4.90 Å². The van der Waals surface area contributed by atoms with Gasteiger partial charge < -0.3 is 0 Å². The predicted molar refractivity (Wildman–Crippen MR) is 316 cm³/mol. The van der Waals surface area contributed by atoms with Gasteiger partial charge in [-0.2, -0.15) is 0 Å². The van der Waals surface area contributed by atoms with Crippen LogP contribution >= 0.6 is 0 Å². The van der Waals surface area contributed by atoms with E-state index >= 15 is 14.4 Å². The van der Waals surface area contributed by atoms with Gasteiger partial charge in [0.05, 0.1) is 0 Å². The van der Waals surface area contributed by atoms with Gasteiger partial charge in [0.1, 0.15) is 0 Å². The first-order chi connectivity index (χ1) is 36.1. The Morgan fingerprint density at radius 3 is 1.14 bits per heavy atom. The topological polar surface area (TPSA) is 74.8 Å². The summed E-state index contributed by atoms with van der Waals surface area (Å²) in [7, 11) is 0. The summed E-state index contributed by atoms with van der Waals surface area (Å²) in [5.74, 6) is -0.184. The van der Waals surface area contributed by atoms with Gasteiger partial charge in [0.15, 0.2) is 0 Å². The van der Waals surface area contributed by atoms with Crippen LogP contribution < -0.4 is 0 Å². The van der Waals surface area contributed by atoms with Gasteiger partial charge in [0, 0.05) is 0 Å². The van der Waals surface area contributed by atoms with Gasteiger partial charge in [0.25, 0.3) is 0 Å². The number of imide groups is 2. The van der Waals surface area contributed by atoms with E-state index < -0.39 is 0 Å². The van der Waals surface area contributed by atoms with Gasteiger partial charge in [-0.3, -0.25) is 0 Å². The summed E-state index contributed by atoms with van der Waals surface area (Å²) in [6.07, 6.45) is 41.9. The molecule has 4 heterocycles. The Hall–Kier alpha value is -3.02. The number of aryl methyl sites for hydroxylation is 2. The fourth-order valence-corrected chi connectivity index (χ4v) is 16.7. The van der Waals surface area contributed by atoms with Crippen LogP contribution in [0.5, 0.6) is 0 Å². The number of hydrogen-bond acceptors (Lipinski definition) is 4. The van der Waals surface area contributed by atoms with Gasteiger partial charge in [0.2, 0.25) is 0 Å². The third-order valence-electron chi connectivity index (χ3n) is 16.7. The Balaban J connectivity index is 1.28. The summed E-state index contributed by atoms with van der Waals surface area (Å²) in [5.41, 5.74) is 3.42. The van der Waals surface area contributed by atoms with E-state index in [0.29, 0.717) is 63.5 Å². The minimum atomic E-state index is -0.281. The van der Waals surface area contributed by atoms with Gasteiger partial charge in [-0.15, -0.1) is 0 Å². The Bertz CT molecular complexity index is 2370. The molecule has 2 aliphatic heterocycles. The van der Waals surface area contributed by atoms with Gasteiger partial charge in [-0.05, 0) is 0 Å². The average Bonchev–Trinajstić information content (AvgIpc) is 4.07. The van der Waals surface area contributed by atoms with Crippen LogP contribution in [-0.2, 0) is 0 Å². The minimum absolute atomic E-state index is 0.0894. The molecule has 0 aliphatic carbocycles. The monoisotopic (exact) mass is 1140 g/mol.